The molecule has 1 aliphatic rings. The molecule has 98 valence electrons. The van der Waals surface area contributed by atoms with E-state index in [2.05, 4.69) is 4.90 Å². The molecule has 18 heavy (non-hydrogen) atoms. The summed E-state index contributed by atoms with van der Waals surface area (Å²) in [6.07, 6.45) is 0. The molecule has 1 N–H and O–H groups in total. The highest BCUT2D eigenvalue weighted by Gasteiger charge is 2.25. The van der Waals surface area contributed by atoms with E-state index in [1.807, 2.05) is 29.2 Å². The smallest absolute Gasteiger partial charge is 0.320 e. The van der Waals surface area contributed by atoms with Gasteiger partial charge in [-0.05, 0) is 19.1 Å². The molecule has 1 aromatic carbocycles. The molecule has 1 aromatic rings. The van der Waals surface area contributed by atoms with Gasteiger partial charge in [0.1, 0.15) is 6.04 Å². The number of aliphatic carboxylic acids is 1. The molecule has 4 nitrogen and oxygen atoms in total. The average molecular weight is 269 g/mol. The summed E-state index contributed by atoms with van der Waals surface area (Å²) in [6, 6.07) is 7.34. The highest BCUT2D eigenvalue weighted by atomic mass is 35.5. The van der Waals surface area contributed by atoms with Gasteiger partial charge in [0, 0.05) is 26.2 Å². The van der Waals surface area contributed by atoms with Gasteiger partial charge in [0.2, 0.25) is 0 Å². The first kappa shape index (κ1) is 13.2. The maximum absolute atomic E-state index is 10.9. The molecule has 1 aliphatic heterocycles. The third-order valence-corrected chi connectivity index (χ3v) is 3.73. The van der Waals surface area contributed by atoms with Crippen molar-refractivity contribution >= 4 is 23.3 Å². The largest absolute Gasteiger partial charge is 0.480 e. The molecular formula is C13H17ClN2O2. The molecule has 0 aliphatic carbocycles. The van der Waals surface area contributed by atoms with Crippen LogP contribution >= 0.6 is 11.6 Å². The van der Waals surface area contributed by atoms with Crippen LogP contribution in [0.3, 0.4) is 0 Å². The molecule has 1 fully saturated rings. The van der Waals surface area contributed by atoms with Gasteiger partial charge in [0.25, 0.3) is 0 Å². The second-order valence-electron chi connectivity index (χ2n) is 4.49. The van der Waals surface area contributed by atoms with Crippen molar-refractivity contribution in [2.45, 2.75) is 13.0 Å². The zero-order valence-corrected chi connectivity index (χ0v) is 11.1. The van der Waals surface area contributed by atoms with E-state index >= 15 is 0 Å². The van der Waals surface area contributed by atoms with Gasteiger partial charge < -0.3 is 10.0 Å². The summed E-state index contributed by atoms with van der Waals surface area (Å²) in [7, 11) is 0. The van der Waals surface area contributed by atoms with Crippen molar-refractivity contribution in [3.63, 3.8) is 0 Å². The van der Waals surface area contributed by atoms with Gasteiger partial charge in [-0.1, -0.05) is 23.7 Å². The Morgan fingerprint density at radius 1 is 1.28 bits per heavy atom. The van der Waals surface area contributed by atoms with Crippen LogP contribution < -0.4 is 4.90 Å². The van der Waals surface area contributed by atoms with Gasteiger partial charge >= 0.3 is 5.97 Å². The zero-order valence-electron chi connectivity index (χ0n) is 10.3. The standard InChI is InChI=1S/C13H17ClN2O2/c1-10(13(17)18)15-6-8-16(9-7-15)12-5-3-2-4-11(12)14/h2-5,10H,6-9H2,1H3,(H,17,18)/t10-/m1/s1. The lowest BCUT2D eigenvalue weighted by molar-refractivity contribution is -0.142. The summed E-state index contributed by atoms with van der Waals surface area (Å²) in [5.41, 5.74) is 1.03. The summed E-state index contributed by atoms with van der Waals surface area (Å²) in [5, 5.41) is 9.73. The molecule has 1 heterocycles. The van der Waals surface area contributed by atoms with Crippen molar-refractivity contribution in [1.29, 1.82) is 0 Å². The Morgan fingerprint density at radius 2 is 1.89 bits per heavy atom. The molecule has 0 spiro atoms. The Bertz CT molecular complexity index is 431. The molecule has 0 aromatic heterocycles. The number of carbonyl (C=O) groups is 1. The van der Waals surface area contributed by atoms with Crippen LogP contribution in [-0.2, 0) is 4.79 Å². The van der Waals surface area contributed by atoms with Crippen LogP contribution in [0.4, 0.5) is 5.69 Å². The van der Waals surface area contributed by atoms with Gasteiger partial charge in [-0.25, -0.2) is 0 Å². The van der Waals surface area contributed by atoms with Crippen molar-refractivity contribution in [3.05, 3.63) is 29.3 Å². The quantitative estimate of drug-likeness (QED) is 0.910. The van der Waals surface area contributed by atoms with Crippen molar-refractivity contribution in [1.82, 2.24) is 4.90 Å². The number of hydrogen-bond acceptors (Lipinski definition) is 3. The fraction of sp³-hybridized carbons (Fsp3) is 0.462. The third-order valence-electron chi connectivity index (χ3n) is 3.41. The van der Waals surface area contributed by atoms with Crippen LogP contribution in [0.15, 0.2) is 24.3 Å². The summed E-state index contributed by atoms with van der Waals surface area (Å²) < 4.78 is 0. The first-order chi connectivity index (χ1) is 8.59. The van der Waals surface area contributed by atoms with Gasteiger partial charge in [0.05, 0.1) is 10.7 Å². The second-order valence-corrected chi connectivity index (χ2v) is 4.90. The van der Waals surface area contributed by atoms with E-state index < -0.39 is 12.0 Å². The van der Waals surface area contributed by atoms with Gasteiger partial charge in [-0.3, -0.25) is 9.69 Å². The molecule has 1 atom stereocenters. The molecule has 0 unspecified atom stereocenters. The number of anilines is 1. The maximum atomic E-state index is 10.9. The summed E-state index contributed by atoms with van der Waals surface area (Å²) in [6.45, 7) is 4.84. The van der Waals surface area contributed by atoms with Gasteiger partial charge in [-0.2, -0.15) is 0 Å². The minimum absolute atomic E-state index is 0.418. The average Bonchev–Trinajstić information content (AvgIpc) is 2.38. The van der Waals surface area contributed by atoms with E-state index in [4.69, 9.17) is 16.7 Å². The Labute approximate surface area is 112 Å². The van der Waals surface area contributed by atoms with Crippen LogP contribution in [0, 0.1) is 0 Å². The SMILES string of the molecule is C[C@H](C(=O)O)N1CCN(c2ccccc2Cl)CC1. The minimum atomic E-state index is -0.763. The molecule has 5 heteroatoms. The molecular weight excluding hydrogens is 252 g/mol. The summed E-state index contributed by atoms with van der Waals surface area (Å²) >= 11 is 6.16. The van der Waals surface area contributed by atoms with Crippen LogP contribution in [-0.4, -0.2) is 48.2 Å². The molecule has 1 saturated heterocycles. The van der Waals surface area contributed by atoms with E-state index in [9.17, 15) is 4.79 Å². The molecule has 0 bridgehead atoms. The normalized spacial score (nSPS) is 18.7. The Morgan fingerprint density at radius 3 is 2.44 bits per heavy atom. The van der Waals surface area contributed by atoms with Gasteiger partial charge in [0.15, 0.2) is 0 Å². The number of carboxylic acid groups (broad SMARTS) is 1. The molecule has 0 radical (unpaired) electrons. The fourth-order valence-corrected chi connectivity index (χ4v) is 2.47. The number of piperazine rings is 1. The monoisotopic (exact) mass is 268 g/mol. The van der Waals surface area contributed by atoms with Crippen molar-refractivity contribution in [3.8, 4) is 0 Å². The lowest BCUT2D eigenvalue weighted by Gasteiger charge is -2.38. The number of para-hydroxylation sites is 1. The lowest BCUT2D eigenvalue weighted by Crippen LogP contribution is -2.51. The van der Waals surface area contributed by atoms with Crippen molar-refractivity contribution in [2.75, 3.05) is 31.1 Å². The third kappa shape index (κ3) is 2.76. The van der Waals surface area contributed by atoms with E-state index in [0.717, 1.165) is 36.9 Å². The number of rotatable bonds is 3. The number of carboxylic acids is 1. The van der Waals surface area contributed by atoms with E-state index in [0.29, 0.717) is 0 Å². The number of hydrogen-bond donors (Lipinski definition) is 1. The summed E-state index contributed by atoms with van der Waals surface area (Å²) in [5.74, 6) is -0.763. The number of benzene rings is 1. The molecule has 0 saturated carbocycles. The van der Waals surface area contributed by atoms with E-state index in [1.165, 1.54) is 0 Å². The first-order valence-electron chi connectivity index (χ1n) is 6.06. The fourth-order valence-electron chi connectivity index (χ4n) is 2.21. The predicted octanol–water partition coefficient (Wildman–Crippen LogP) is 1.94. The zero-order chi connectivity index (χ0) is 13.1. The van der Waals surface area contributed by atoms with Crippen LogP contribution in [0.2, 0.25) is 5.02 Å². The predicted molar refractivity (Wildman–Crippen MR) is 72.3 cm³/mol. The van der Waals surface area contributed by atoms with Crippen LogP contribution in [0.1, 0.15) is 6.92 Å². The number of nitrogens with zero attached hydrogens (tertiary/aromatic N) is 2. The van der Waals surface area contributed by atoms with Crippen molar-refractivity contribution < 1.29 is 9.90 Å². The lowest BCUT2D eigenvalue weighted by atomic mass is 10.2. The highest BCUT2D eigenvalue weighted by molar-refractivity contribution is 6.33. The molecule has 2 rings (SSSR count). The topological polar surface area (TPSA) is 43.8 Å². The molecule has 0 amide bonds. The van der Waals surface area contributed by atoms with Crippen molar-refractivity contribution in [2.24, 2.45) is 0 Å². The Hall–Kier alpha value is -1.26. The van der Waals surface area contributed by atoms with E-state index in [-0.39, 0.29) is 0 Å². The Kier molecular flexibility index (Phi) is 4.09. The second kappa shape index (κ2) is 5.59. The summed E-state index contributed by atoms with van der Waals surface area (Å²) in [4.78, 5) is 15.1. The Balaban J connectivity index is 1.99. The first-order valence-corrected chi connectivity index (χ1v) is 6.43. The van der Waals surface area contributed by atoms with Crippen LogP contribution in [0.25, 0.3) is 0 Å². The highest BCUT2D eigenvalue weighted by Crippen LogP contribution is 2.26. The van der Waals surface area contributed by atoms with Gasteiger partial charge in [-0.15, -0.1) is 0 Å². The maximum Gasteiger partial charge on any atom is 0.320 e. The van der Waals surface area contributed by atoms with E-state index in [1.54, 1.807) is 6.92 Å². The minimum Gasteiger partial charge on any atom is -0.480 e. The number of halogens is 1. The van der Waals surface area contributed by atoms with Crippen LogP contribution in [0.5, 0.6) is 0 Å².